The quantitative estimate of drug-likeness (QED) is 0.391. The first-order chi connectivity index (χ1) is 9.15. The lowest BCUT2D eigenvalue weighted by atomic mass is 10.4. The van der Waals surface area contributed by atoms with E-state index in [2.05, 4.69) is 20.9 Å². The van der Waals surface area contributed by atoms with Crippen molar-refractivity contribution in [2.24, 2.45) is 0 Å². The van der Waals surface area contributed by atoms with Gasteiger partial charge >= 0.3 is 5.69 Å². The van der Waals surface area contributed by atoms with Gasteiger partial charge in [0.25, 0.3) is 5.88 Å². The second-order valence-electron chi connectivity index (χ2n) is 3.54. The summed E-state index contributed by atoms with van der Waals surface area (Å²) < 4.78 is 15.9. The van der Waals surface area contributed by atoms with E-state index in [4.69, 9.17) is 14.2 Å². The van der Waals surface area contributed by atoms with Crippen LogP contribution in [-0.4, -0.2) is 43.4 Å². The summed E-state index contributed by atoms with van der Waals surface area (Å²) in [6.45, 7) is 1.88. The van der Waals surface area contributed by atoms with Gasteiger partial charge in [0.05, 0.1) is 24.7 Å². The molecule has 0 aliphatic rings. The second-order valence-corrected chi connectivity index (χ2v) is 4.46. The van der Waals surface area contributed by atoms with Crippen LogP contribution in [0.25, 0.3) is 0 Å². The molecule has 1 rings (SSSR count). The Hall–Kier alpha value is -1.25. The molecule has 0 unspecified atom stereocenters. The van der Waals surface area contributed by atoms with Crippen LogP contribution in [0.1, 0.15) is 6.42 Å². The van der Waals surface area contributed by atoms with Crippen LogP contribution in [0.3, 0.4) is 0 Å². The molecular weight excluding hydrogens is 320 g/mol. The predicted octanol–water partition coefficient (Wildman–Crippen LogP) is 2.18. The van der Waals surface area contributed by atoms with Crippen molar-refractivity contribution in [3.05, 3.63) is 26.9 Å². The van der Waals surface area contributed by atoms with E-state index >= 15 is 0 Å². The maximum atomic E-state index is 10.8. The highest BCUT2D eigenvalue weighted by molar-refractivity contribution is 9.10. The van der Waals surface area contributed by atoms with Gasteiger partial charge in [-0.15, -0.1) is 0 Å². The zero-order chi connectivity index (χ0) is 14.1. The van der Waals surface area contributed by atoms with Gasteiger partial charge in [0.1, 0.15) is 0 Å². The third kappa shape index (κ3) is 5.95. The summed E-state index contributed by atoms with van der Waals surface area (Å²) in [4.78, 5) is 14.2. The Morgan fingerprint density at radius 2 is 2.16 bits per heavy atom. The highest BCUT2D eigenvalue weighted by atomic mass is 79.9. The van der Waals surface area contributed by atoms with Crippen molar-refractivity contribution in [1.29, 1.82) is 0 Å². The summed E-state index contributed by atoms with van der Waals surface area (Å²) in [5, 5.41) is 10.8. The highest BCUT2D eigenvalue weighted by Gasteiger charge is 2.17. The first kappa shape index (κ1) is 15.8. The van der Waals surface area contributed by atoms with Gasteiger partial charge in [0.2, 0.25) is 0 Å². The molecular formula is C11H15BrN2O5. The number of ether oxygens (including phenoxy) is 3. The van der Waals surface area contributed by atoms with E-state index in [9.17, 15) is 10.1 Å². The van der Waals surface area contributed by atoms with E-state index in [0.717, 1.165) is 0 Å². The number of aromatic nitrogens is 1. The molecule has 0 amide bonds. The Kier molecular flexibility index (Phi) is 7.31. The van der Waals surface area contributed by atoms with E-state index in [1.165, 1.54) is 12.3 Å². The van der Waals surface area contributed by atoms with Crippen molar-refractivity contribution in [2.75, 3.05) is 33.5 Å². The molecule has 0 bridgehead atoms. The molecule has 106 valence electrons. The average molecular weight is 335 g/mol. The van der Waals surface area contributed by atoms with Crippen molar-refractivity contribution in [3.63, 3.8) is 0 Å². The molecule has 7 nitrogen and oxygen atoms in total. The lowest BCUT2D eigenvalue weighted by molar-refractivity contribution is -0.386. The Morgan fingerprint density at radius 3 is 2.84 bits per heavy atom. The van der Waals surface area contributed by atoms with Crippen molar-refractivity contribution in [2.45, 2.75) is 6.42 Å². The highest BCUT2D eigenvalue weighted by Crippen LogP contribution is 2.27. The van der Waals surface area contributed by atoms with E-state index < -0.39 is 4.92 Å². The first-order valence-electron chi connectivity index (χ1n) is 5.64. The number of methoxy groups -OCH3 is 1. The van der Waals surface area contributed by atoms with Crippen molar-refractivity contribution in [1.82, 2.24) is 4.98 Å². The van der Waals surface area contributed by atoms with Crippen molar-refractivity contribution in [3.8, 4) is 5.88 Å². The monoisotopic (exact) mass is 334 g/mol. The maximum Gasteiger partial charge on any atom is 0.332 e. The van der Waals surface area contributed by atoms with Crippen LogP contribution < -0.4 is 4.74 Å². The smallest absolute Gasteiger partial charge is 0.332 e. The Morgan fingerprint density at radius 1 is 1.37 bits per heavy atom. The van der Waals surface area contributed by atoms with Crippen molar-refractivity contribution >= 4 is 21.6 Å². The zero-order valence-corrected chi connectivity index (χ0v) is 12.1. The van der Waals surface area contributed by atoms with Crippen molar-refractivity contribution < 1.29 is 19.1 Å². The maximum absolute atomic E-state index is 10.8. The molecule has 1 aromatic rings. The minimum Gasteiger partial charge on any atom is -0.473 e. The minimum atomic E-state index is -0.526. The van der Waals surface area contributed by atoms with Crippen LogP contribution in [-0.2, 0) is 9.47 Å². The Bertz CT molecular complexity index is 416. The lowest BCUT2D eigenvalue weighted by Gasteiger charge is -2.06. The number of nitro groups is 1. The minimum absolute atomic E-state index is 0.0186. The summed E-state index contributed by atoms with van der Waals surface area (Å²) in [6.07, 6.45) is 2.08. The fourth-order valence-corrected chi connectivity index (χ4v) is 1.55. The molecule has 1 aromatic heterocycles. The van der Waals surface area contributed by atoms with Crippen LogP contribution in [0.2, 0.25) is 0 Å². The van der Waals surface area contributed by atoms with E-state index in [-0.39, 0.29) is 11.6 Å². The van der Waals surface area contributed by atoms with Gasteiger partial charge in [-0.2, -0.15) is 0 Å². The topological polar surface area (TPSA) is 83.7 Å². The summed E-state index contributed by atoms with van der Waals surface area (Å²) in [5.74, 6) is 0.0186. The third-order valence-electron chi connectivity index (χ3n) is 2.10. The van der Waals surface area contributed by atoms with Gasteiger partial charge in [-0.3, -0.25) is 10.1 Å². The lowest BCUT2D eigenvalue weighted by Crippen LogP contribution is -2.08. The van der Waals surface area contributed by atoms with Gasteiger partial charge in [-0.05, 0) is 15.9 Å². The molecule has 0 aliphatic heterocycles. The van der Waals surface area contributed by atoms with E-state index in [1.807, 2.05) is 0 Å². The summed E-state index contributed by atoms with van der Waals surface area (Å²) in [6, 6.07) is 1.36. The Balaban J connectivity index is 2.35. The molecule has 8 heteroatoms. The number of pyridine rings is 1. The molecule has 0 radical (unpaired) electrons. The summed E-state index contributed by atoms with van der Waals surface area (Å²) >= 11 is 3.13. The molecule has 0 aromatic carbocycles. The van der Waals surface area contributed by atoms with E-state index in [1.54, 1.807) is 7.11 Å². The largest absolute Gasteiger partial charge is 0.473 e. The molecule has 0 aliphatic carbocycles. The normalized spacial score (nSPS) is 10.4. The Labute approximate surface area is 119 Å². The number of nitrogens with zero attached hydrogens (tertiary/aromatic N) is 2. The first-order valence-corrected chi connectivity index (χ1v) is 6.44. The zero-order valence-electron chi connectivity index (χ0n) is 10.5. The second kappa shape index (κ2) is 8.78. The van der Waals surface area contributed by atoms with Crippen LogP contribution in [0.15, 0.2) is 16.7 Å². The number of rotatable bonds is 9. The van der Waals surface area contributed by atoms with Crippen LogP contribution in [0.5, 0.6) is 5.88 Å². The molecule has 0 fully saturated rings. The van der Waals surface area contributed by atoms with E-state index in [0.29, 0.717) is 37.3 Å². The average Bonchev–Trinajstić information content (AvgIpc) is 2.39. The molecule has 0 atom stereocenters. The number of hydrogen-bond acceptors (Lipinski definition) is 6. The van der Waals surface area contributed by atoms with Gasteiger partial charge in [0.15, 0.2) is 0 Å². The van der Waals surface area contributed by atoms with Gasteiger partial charge < -0.3 is 14.2 Å². The fraction of sp³-hybridized carbons (Fsp3) is 0.545. The molecule has 0 saturated heterocycles. The number of hydrogen-bond donors (Lipinski definition) is 0. The fourth-order valence-electron chi connectivity index (χ4n) is 1.23. The van der Waals surface area contributed by atoms with Gasteiger partial charge in [-0.1, -0.05) is 0 Å². The molecule has 19 heavy (non-hydrogen) atoms. The predicted molar refractivity (Wildman–Crippen MR) is 71.4 cm³/mol. The standard InChI is InChI=1S/C11H15BrN2O5/c1-17-5-6-18-3-2-4-19-11-10(14(15)16)7-9(12)8-13-11/h7-8H,2-6H2,1H3. The molecule has 0 N–H and O–H groups in total. The van der Waals surface area contributed by atoms with Gasteiger partial charge in [0, 0.05) is 36.9 Å². The third-order valence-corrected chi connectivity index (χ3v) is 2.53. The number of halogens is 1. The van der Waals surface area contributed by atoms with Crippen LogP contribution >= 0.6 is 15.9 Å². The SMILES string of the molecule is COCCOCCCOc1ncc(Br)cc1[N+](=O)[O-]. The summed E-state index contributed by atoms with van der Waals surface area (Å²) in [5.41, 5.74) is -0.158. The van der Waals surface area contributed by atoms with Crippen LogP contribution in [0, 0.1) is 10.1 Å². The molecule has 0 saturated carbocycles. The van der Waals surface area contributed by atoms with Gasteiger partial charge in [-0.25, -0.2) is 4.98 Å². The molecule has 0 spiro atoms. The van der Waals surface area contributed by atoms with Crippen LogP contribution in [0.4, 0.5) is 5.69 Å². The molecule has 1 heterocycles. The summed E-state index contributed by atoms with van der Waals surface area (Å²) in [7, 11) is 1.60.